The summed E-state index contributed by atoms with van der Waals surface area (Å²) in [5, 5.41) is 1.28. The van der Waals surface area contributed by atoms with Crippen LogP contribution in [0.3, 0.4) is 0 Å². The van der Waals surface area contributed by atoms with Crippen LogP contribution in [0.15, 0.2) is 115 Å². The van der Waals surface area contributed by atoms with Gasteiger partial charge in [0.15, 0.2) is 5.69 Å². The van der Waals surface area contributed by atoms with Gasteiger partial charge in [-0.1, -0.05) is 66.7 Å². The van der Waals surface area contributed by atoms with Gasteiger partial charge in [-0.3, -0.25) is 0 Å². The number of hydrogen-bond donors (Lipinski definition) is 0. The maximum absolute atomic E-state index is 10.7. The van der Waals surface area contributed by atoms with Gasteiger partial charge in [0.2, 0.25) is 11.2 Å². The van der Waals surface area contributed by atoms with Crippen LogP contribution in [0, 0.1) is 0 Å². The van der Waals surface area contributed by atoms with Gasteiger partial charge in [-0.2, -0.15) is 4.57 Å². The summed E-state index contributed by atoms with van der Waals surface area (Å²) >= 11 is 0. The van der Waals surface area contributed by atoms with E-state index < -0.39 is 7.81 Å². The molecule has 0 saturated carbocycles. The first kappa shape index (κ1) is 26.7. The average Bonchev–Trinajstić information content (AvgIpc) is 3.38. The minimum Gasteiger partial charge on any atom is -0.309 e. The standard InChI is InChI=1S/C30H25N2.F6P/c1-4-13-23(14-5-1)31(24-15-6-2-7-16-24)30-26-19-10-11-21-28(26)32(25-17-8-3-9-18-25)29-22-12-20-27(29)30;1-7(2,3,4,5)6/h1-11,13-19,21H,12,20,22H2;/q+1;-1. The van der Waals surface area contributed by atoms with Gasteiger partial charge in [-0.15, -0.1) is 0 Å². The Balaban J connectivity index is 0.000000392. The molecule has 1 aliphatic carbocycles. The number of aromatic nitrogens is 1. The van der Waals surface area contributed by atoms with Crippen molar-refractivity contribution in [2.75, 3.05) is 4.90 Å². The molecule has 0 spiro atoms. The maximum Gasteiger partial charge on any atom is 0.220 e. The zero-order chi connectivity index (χ0) is 27.7. The number of pyridine rings is 1. The van der Waals surface area contributed by atoms with Crippen LogP contribution in [0.4, 0.5) is 42.2 Å². The molecule has 1 aromatic heterocycles. The summed E-state index contributed by atoms with van der Waals surface area (Å²) in [7, 11) is -10.7. The number of para-hydroxylation sites is 4. The Bertz CT molecular complexity index is 1560. The summed E-state index contributed by atoms with van der Waals surface area (Å²) < 4.78 is 61.7. The number of nitrogens with zero attached hydrogens (tertiary/aromatic N) is 2. The van der Waals surface area contributed by atoms with Gasteiger partial charge in [-0.05, 0) is 43.2 Å². The number of hydrogen-bond acceptors (Lipinski definition) is 1. The summed E-state index contributed by atoms with van der Waals surface area (Å²) in [5.41, 5.74) is 9.08. The van der Waals surface area contributed by atoms with Crippen molar-refractivity contribution in [3.05, 3.63) is 127 Å². The van der Waals surface area contributed by atoms with Crippen molar-refractivity contribution >= 4 is 35.8 Å². The minimum absolute atomic E-state index is 1.10. The topological polar surface area (TPSA) is 7.12 Å². The third-order valence-electron chi connectivity index (χ3n) is 6.41. The zero-order valence-corrected chi connectivity index (χ0v) is 21.6. The van der Waals surface area contributed by atoms with E-state index in [1.54, 1.807) is 0 Å². The molecule has 5 aromatic rings. The van der Waals surface area contributed by atoms with Crippen molar-refractivity contribution < 1.29 is 29.7 Å². The first-order valence-electron chi connectivity index (χ1n) is 12.4. The summed E-state index contributed by atoms with van der Waals surface area (Å²) in [5.74, 6) is 0. The van der Waals surface area contributed by atoms with Crippen molar-refractivity contribution in [1.82, 2.24) is 0 Å². The number of rotatable bonds is 4. The SMILES string of the molecule is F[P-](F)(F)(F)(F)F.c1ccc(N(c2ccccc2)c2c3c([n+](-c4ccccc4)c4ccccc24)CCC3)cc1. The molecule has 1 heterocycles. The van der Waals surface area contributed by atoms with E-state index in [1.807, 2.05) is 0 Å². The molecule has 0 unspecified atom stereocenters. The maximum atomic E-state index is 9.87. The summed E-state index contributed by atoms with van der Waals surface area (Å²) in [6.07, 6.45) is 3.38. The van der Waals surface area contributed by atoms with Gasteiger partial charge in [0.1, 0.15) is 0 Å². The fraction of sp³-hybridized carbons (Fsp3) is 0.100. The van der Waals surface area contributed by atoms with Gasteiger partial charge in [-0.25, -0.2) is 0 Å². The molecule has 1 aliphatic rings. The van der Waals surface area contributed by atoms with Gasteiger partial charge >= 0.3 is 33.0 Å². The third kappa shape index (κ3) is 6.58. The molecule has 0 atom stereocenters. The molecular formula is C30H25F6N2P. The second-order valence-electron chi connectivity index (χ2n) is 9.28. The molecule has 0 aliphatic heterocycles. The monoisotopic (exact) mass is 558 g/mol. The Morgan fingerprint density at radius 2 is 1.03 bits per heavy atom. The molecule has 0 amide bonds. The van der Waals surface area contributed by atoms with Gasteiger partial charge in [0, 0.05) is 41.6 Å². The smallest absolute Gasteiger partial charge is 0.220 e. The molecule has 6 rings (SSSR count). The number of benzene rings is 4. The van der Waals surface area contributed by atoms with Gasteiger partial charge in [0.25, 0.3) is 0 Å². The quantitative estimate of drug-likeness (QED) is 0.121. The Labute approximate surface area is 222 Å². The van der Waals surface area contributed by atoms with E-state index in [9.17, 15) is 25.2 Å². The van der Waals surface area contributed by atoms with Crippen molar-refractivity contribution in [3.63, 3.8) is 0 Å². The van der Waals surface area contributed by atoms with Crippen LogP contribution in [0.25, 0.3) is 16.6 Å². The fourth-order valence-corrected chi connectivity index (χ4v) is 5.10. The van der Waals surface area contributed by atoms with Crippen LogP contribution >= 0.6 is 7.81 Å². The van der Waals surface area contributed by atoms with E-state index in [0.717, 1.165) is 12.8 Å². The second-order valence-corrected chi connectivity index (χ2v) is 11.2. The van der Waals surface area contributed by atoms with E-state index in [1.165, 1.54) is 51.3 Å². The van der Waals surface area contributed by atoms with Crippen LogP contribution in [0.2, 0.25) is 0 Å². The molecule has 0 fully saturated rings. The van der Waals surface area contributed by atoms with Crippen molar-refractivity contribution in [2.45, 2.75) is 19.3 Å². The van der Waals surface area contributed by atoms with Crippen LogP contribution in [0.5, 0.6) is 0 Å². The first-order valence-corrected chi connectivity index (χ1v) is 14.4. The van der Waals surface area contributed by atoms with E-state index >= 15 is 0 Å². The number of halogens is 6. The molecule has 0 saturated heterocycles. The summed E-state index contributed by atoms with van der Waals surface area (Å²) in [4.78, 5) is 2.45. The van der Waals surface area contributed by atoms with E-state index in [-0.39, 0.29) is 0 Å². The normalized spacial score (nSPS) is 14.5. The van der Waals surface area contributed by atoms with E-state index in [0.29, 0.717) is 0 Å². The molecule has 202 valence electrons. The Morgan fingerprint density at radius 1 is 0.564 bits per heavy atom. The van der Waals surface area contributed by atoms with E-state index in [2.05, 4.69) is 125 Å². The predicted molar refractivity (Wildman–Crippen MR) is 146 cm³/mol. The predicted octanol–water partition coefficient (Wildman–Crippen LogP) is 10.5. The fourth-order valence-electron chi connectivity index (χ4n) is 5.10. The average molecular weight is 559 g/mol. The van der Waals surface area contributed by atoms with Crippen molar-refractivity contribution in [2.24, 2.45) is 0 Å². The molecule has 39 heavy (non-hydrogen) atoms. The summed E-state index contributed by atoms with van der Waals surface area (Å²) in [6, 6.07) is 41.2. The van der Waals surface area contributed by atoms with Crippen LogP contribution in [-0.2, 0) is 12.8 Å². The molecule has 9 heteroatoms. The Hall–Kier alpha value is -3.90. The number of fused-ring (bicyclic) bond motifs is 2. The van der Waals surface area contributed by atoms with Gasteiger partial charge in [0.05, 0.1) is 11.1 Å². The molecule has 0 radical (unpaired) electrons. The minimum atomic E-state index is -10.7. The molecular weight excluding hydrogens is 533 g/mol. The second kappa shape index (κ2) is 9.38. The van der Waals surface area contributed by atoms with Gasteiger partial charge < -0.3 is 4.90 Å². The summed E-state index contributed by atoms with van der Waals surface area (Å²) in [6.45, 7) is 0. The third-order valence-corrected chi connectivity index (χ3v) is 6.41. The van der Waals surface area contributed by atoms with Crippen molar-refractivity contribution in [1.29, 1.82) is 0 Å². The Morgan fingerprint density at radius 3 is 1.56 bits per heavy atom. The van der Waals surface area contributed by atoms with Crippen molar-refractivity contribution in [3.8, 4) is 5.69 Å². The largest absolute Gasteiger partial charge is 0.309 e. The van der Waals surface area contributed by atoms with Crippen LogP contribution in [-0.4, -0.2) is 0 Å². The van der Waals surface area contributed by atoms with Crippen LogP contribution < -0.4 is 9.47 Å². The molecule has 4 aromatic carbocycles. The Kier molecular flexibility index (Phi) is 6.42. The first-order chi connectivity index (χ1) is 18.4. The molecule has 0 bridgehead atoms. The zero-order valence-electron chi connectivity index (χ0n) is 20.7. The van der Waals surface area contributed by atoms with Crippen LogP contribution in [0.1, 0.15) is 17.7 Å². The van der Waals surface area contributed by atoms with E-state index in [4.69, 9.17) is 0 Å². The molecule has 2 nitrogen and oxygen atoms in total. The number of anilines is 3. The molecule has 0 N–H and O–H groups in total.